The highest BCUT2D eigenvalue weighted by Gasteiger charge is 2.16. The average Bonchev–Trinajstić information content (AvgIpc) is 2.56. The summed E-state index contributed by atoms with van der Waals surface area (Å²) in [5, 5.41) is 3.66. The number of nitrogens with one attached hydrogen (secondary N) is 1. The highest BCUT2D eigenvalue weighted by Crippen LogP contribution is 2.20. The third-order valence-electron chi connectivity index (χ3n) is 3.48. The Labute approximate surface area is 135 Å². The minimum Gasteiger partial charge on any atom is -0.375 e. The topological polar surface area (TPSA) is 51.2 Å². The van der Waals surface area contributed by atoms with Gasteiger partial charge < -0.3 is 10.1 Å². The van der Waals surface area contributed by atoms with E-state index in [-0.39, 0.29) is 12.0 Å². The minimum absolute atomic E-state index is 0.131. The molecule has 0 saturated carbocycles. The van der Waals surface area contributed by atoms with E-state index in [2.05, 4.69) is 10.3 Å². The second-order valence-electron chi connectivity index (χ2n) is 4.85. The quantitative estimate of drug-likeness (QED) is 0.831. The second-order valence-corrected chi connectivity index (χ2v) is 5.65. The van der Waals surface area contributed by atoms with Gasteiger partial charge in [-0.3, -0.25) is 4.79 Å². The van der Waals surface area contributed by atoms with Crippen LogP contribution in [0, 0.1) is 6.92 Å². The van der Waals surface area contributed by atoms with Crippen LogP contribution in [-0.2, 0) is 4.74 Å². The van der Waals surface area contributed by atoms with Crippen LogP contribution in [0.25, 0.3) is 0 Å². The maximum Gasteiger partial charge on any atom is 0.254 e. The van der Waals surface area contributed by atoms with Gasteiger partial charge >= 0.3 is 0 Å². The predicted molar refractivity (Wildman–Crippen MR) is 89.3 cm³/mol. The molecule has 0 fully saturated rings. The Kier molecular flexibility index (Phi) is 5.98. The first kappa shape index (κ1) is 16.5. The van der Waals surface area contributed by atoms with Crippen LogP contribution in [0.5, 0.6) is 0 Å². The molecule has 0 bridgehead atoms. The first-order valence-electron chi connectivity index (χ1n) is 7.03. The SMILES string of the molecule is COC(CNC(=O)c1cccnc1SC)c1ccccc1C. The molecule has 1 heterocycles. The number of pyridine rings is 1. The molecule has 0 saturated heterocycles. The summed E-state index contributed by atoms with van der Waals surface area (Å²) in [7, 11) is 1.65. The molecule has 4 nitrogen and oxygen atoms in total. The zero-order valence-corrected chi connectivity index (χ0v) is 13.8. The van der Waals surface area contributed by atoms with Gasteiger partial charge in [0.25, 0.3) is 5.91 Å². The molecule has 1 N–H and O–H groups in total. The van der Waals surface area contributed by atoms with Crippen LogP contribution in [0.1, 0.15) is 27.6 Å². The van der Waals surface area contributed by atoms with Crippen LogP contribution < -0.4 is 5.32 Å². The van der Waals surface area contributed by atoms with E-state index in [0.29, 0.717) is 12.1 Å². The van der Waals surface area contributed by atoms with Crippen molar-refractivity contribution in [2.45, 2.75) is 18.1 Å². The number of nitrogens with zero attached hydrogens (tertiary/aromatic N) is 1. The summed E-state index contributed by atoms with van der Waals surface area (Å²) in [6.45, 7) is 2.46. The Morgan fingerprint density at radius 3 is 2.77 bits per heavy atom. The number of aromatic nitrogens is 1. The van der Waals surface area contributed by atoms with E-state index in [0.717, 1.165) is 16.2 Å². The smallest absolute Gasteiger partial charge is 0.254 e. The first-order chi connectivity index (χ1) is 10.7. The lowest BCUT2D eigenvalue weighted by atomic mass is 10.0. The summed E-state index contributed by atoms with van der Waals surface area (Å²) in [5.74, 6) is -0.131. The molecule has 0 aliphatic carbocycles. The number of amides is 1. The fraction of sp³-hybridized carbons (Fsp3) is 0.294. The fourth-order valence-electron chi connectivity index (χ4n) is 2.28. The van der Waals surface area contributed by atoms with Gasteiger partial charge in [-0.25, -0.2) is 4.98 Å². The lowest BCUT2D eigenvalue weighted by molar-refractivity contribution is 0.0823. The van der Waals surface area contributed by atoms with Crippen molar-refractivity contribution in [3.63, 3.8) is 0 Å². The zero-order chi connectivity index (χ0) is 15.9. The average molecular weight is 316 g/mol. The molecule has 0 spiro atoms. The molecule has 1 amide bonds. The molecular formula is C17H20N2O2S. The molecule has 0 aliphatic heterocycles. The Balaban J connectivity index is 2.08. The van der Waals surface area contributed by atoms with Gasteiger partial charge in [0.1, 0.15) is 5.03 Å². The van der Waals surface area contributed by atoms with Crippen molar-refractivity contribution >= 4 is 17.7 Å². The number of thioether (sulfide) groups is 1. The Morgan fingerprint density at radius 1 is 1.32 bits per heavy atom. The summed E-state index contributed by atoms with van der Waals surface area (Å²) in [6, 6.07) is 11.6. The summed E-state index contributed by atoms with van der Waals surface area (Å²) in [5.41, 5.74) is 2.82. The number of carbonyl (C=O) groups is 1. The van der Waals surface area contributed by atoms with Crippen molar-refractivity contribution in [2.24, 2.45) is 0 Å². The van der Waals surface area contributed by atoms with Gasteiger partial charge in [0, 0.05) is 19.9 Å². The highest BCUT2D eigenvalue weighted by atomic mass is 32.2. The van der Waals surface area contributed by atoms with E-state index in [1.807, 2.05) is 37.4 Å². The van der Waals surface area contributed by atoms with Gasteiger partial charge in [-0.05, 0) is 36.4 Å². The number of aryl methyl sites for hydroxylation is 1. The highest BCUT2D eigenvalue weighted by molar-refractivity contribution is 7.98. The van der Waals surface area contributed by atoms with Crippen molar-refractivity contribution in [2.75, 3.05) is 19.9 Å². The second kappa shape index (κ2) is 7.96. The van der Waals surface area contributed by atoms with Crippen molar-refractivity contribution < 1.29 is 9.53 Å². The van der Waals surface area contributed by atoms with E-state index in [1.165, 1.54) is 11.8 Å². The van der Waals surface area contributed by atoms with Crippen LogP contribution in [0.15, 0.2) is 47.6 Å². The standard InChI is InChI=1S/C17H20N2O2S/c1-12-7-4-5-8-13(12)15(21-2)11-19-16(20)14-9-6-10-18-17(14)22-3/h4-10,15H,11H2,1-3H3,(H,19,20). The molecule has 1 atom stereocenters. The Hall–Kier alpha value is -1.85. The molecule has 1 unspecified atom stereocenters. The predicted octanol–water partition coefficient (Wildman–Crippen LogP) is 3.23. The number of carbonyl (C=O) groups excluding carboxylic acids is 1. The van der Waals surface area contributed by atoms with E-state index in [4.69, 9.17) is 4.74 Å². The van der Waals surface area contributed by atoms with Gasteiger partial charge in [-0.1, -0.05) is 24.3 Å². The lowest BCUT2D eigenvalue weighted by Gasteiger charge is -2.18. The number of hydrogen-bond acceptors (Lipinski definition) is 4. The van der Waals surface area contributed by atoms with Gasteiger partial charge in [-0.15, -0.1) is 11.8 Å². The molecule has 2 aromatic rings. The van der Waals surface area contributed by atoms with E-state index in [9.17, 15) is 4.79 Å². The minimum atomic E-state index is -0.167. The molecule has 0 aliphatic rings. The lowest BCUT2D eigenvalue weighted by Crippen LogP contribution is -2.30. The van der Waals surface area contributed by atoms with Crippen molar-refractivity contribution in [1.82, 2.24) is 10.3 Å². The largest absolute Gasteiger partial charge is 0.375 e. The monoisotopic (exact) mass is 316 g/mol. The number of hydrogen-bond donors (Lipinski definition) is 1. The third kappa shape index (κ3) is 3.87. The van der Waals surface area contributed by atoms with E-state index in [1.54, 1.807) is 25.4 Å². The van der Waals surface area contributed by atoms with Crippen LogP contribution in [0.3, 0.4) is 0 Å². The molecular weight excluding hydrogens is 296 g/mol. The maximum atomic E-state index is 12.3. The van der Waals surface area contributed by atoms with Crippen molar-refractivity contribution in [3.8, 4) is 0 Å². The Bertz CT molecular complexity index is 646. The summed E-state index contributed by atoms with van der Waals surface area (Å²) in [4.78, 5) is 16.5. The van der Waals surface area contributed by atoms with Crippen molar-refractivity contribution in [1.29, 1.82) is 0 Å². The molecule has 1 aromatic carbocycles. The molecule has 5 heteroatoms. The van der Waals surface area contributed by atoms with Crippen LogP contribution in [0.4, 0.5) is 0 Å². The van der Waals surface area contributed by atoms with Crippen LogP contribution >= 0.6 is 11.8 Å². The number of methoxy groups -OCH3 is 1. The van der Waals surface area contributed by atoms with Crippen LogP contribution in [0.2, 0.25) is 0 Å². The van der Waals surface area contributed by atoms with Crippen molar-refractivity contribution in [3.05, 3.63) is 59.3 Å². The van der Waals surface area contributed by atoms with Gasteiger partial charge in [0.15, 0.2) is 0 Å². The molecule has 2 rings (SSSR count). The zero-order valence-electron chi connectivity index (χ0n) is 13.0. The summed E-state index contributed by atoms with van der Waals surface area (Å²) >= 11 is 1.46. The van der Waals surface area contributed by atoms with E-state index < -0.39 is 0 Å². The number of benzene rings is 1. The fourth-order valence-corrected chi connectivity index (χ4v) is 2.82. The molecule has 22 heavy (non-hydrogen) atoms. The molecule has 1 aromatic heterocycles. The first-order valence-corrected chi connectivity index (χ1v) is 8.25. The molecule has 0 radical (unpaired) electrons. The van der Waals surface area contributed by atoms with Gasteiger partial charge in [0.05, 0.1) is 11.7 Å². The molecule has 116 valence electrons. The van der Waals surface area contributed by atoms with Gasteiger partial charge in [-0.2, -0.15) is 0 Å². The summed E-state index contributed by atoms with van der Waals surface area (Å²) in [6.07, 6.45) is 3.43. The normalized spacial score (nSPS) is 12.0. The van der Waals surface area contributed by atoms with E-state index >= 15 is 0 Å². The summed E-state index contributed by atoms with van der Waals surface area (Å²) < 4.78 is 5.52. The van der Waals surface area contributed by atoms with Crippen LogP contribution in [-0.4, -0.2) is 30.8 Å². The number of ether oxygens (including phenoxy) is 1. The van der Waals surface area contributed by atoms with Gasteiger partial charge in [0.2, 0.25) is 0 Å². The number of rotatable bonds is 6. The Morgan fingerprint density at radius 2 is 2.09 bits per heavy atom. The third-order valence-corrected chi connectivity index (χ3v) is 4.19. The maximum absolute atomic E-state index is 12.3.